The molecule has 0 unspecified atom stereocenters. The third-order valence-corrected chi connectivity index (χ3v) is 3.43. The topological polar surface area (TPSA) is 9.23 Å². The summed E-state index contributed by atoms with van der Waals surface area (Å²) in [4.78, 5) is 0. The fraction of sp³-hybridized carbons (Fsp3) is 0.368. The smallest absolute Gasteiger partial charge is 0.119 e. The number of aryl methyl sites for hydroxylation is 2. The molecule has 0 aromatic heterocycles. The highest BCUT2D eigenvalue weighted by atomic mass is 16.5. The van der Waals surface area contributed by atoms with E-state index in [9.17, 15) is 0 Å². The van der Waals surface area contributed by atoms with E-state index in [0.717, 1.165) is 31.6 Å². The molecule has 0 saturated carbocycles. The standard InChI is InChI=1S/C19H24O/c1-2-8-17-12-14-19(15-13-17)20-16-7-6-11-18-9-4-3-5-10-18/h3-5,9-10,12-15H,2,6-8,11,16H2,1H3. The quantitative estimate of drug-likeness (QED) is 0.609. The van der Waals surface area contributed by atoms with Crippen LogP contribution >= 0.6 is 0 Å². The number of unbranched alkanes of at least 4 members (excludes halogenated alkanes) is 1. The molecule has 0 spiro atoms. The summed E-state index contributed by atoms with van der Waals surface area (Å²) in [5.41, 5.74) is 2.81. The summed E-state index contributed by atoms with van der Waals surface area (Å²) in [6.07, 6.45) is 5.76. The van der Waals surface area contributed by atoms with E-state index in [4.69, 9.17) is 4.74 Å². The molecule has 2 aromatic carbocycles. The Morgan fingerprint density at radius 2 is 1.45 bits per heavy atom. The molecule has 0 N–H and O–H groups in total. The monoisotopic (exact) mass is 268 g/mol. The molecule has 20 heavy (non-hydrogen) atoms. The van der Waals surface area contributed by atoms with Crippen LogP contribution in [0.3, 0.4) is 0 Å². The Kier molecular flexibility index (Phi) is 6.16. The van der Waals surface area contributed by atoms with Crippen molar-refractivity contribution >= 4 is 0 Å². The lowest BCUT2D eigenvalue weighted by atomic mass is 10.1. The Morgan fingerprint density at radius 3 is 2.15 bits per heavy atom. The van der Waals surface area contributed by atoms with Gasteiger partial charge >= 0.3 is 0 Å². The van der Waals surface area contributed by atoms with Crippen molar-refractivity contribution in [2.75, 3.05) is 6.61 Å². The van der Waals surface area contributed by atoms with Crippen molar-refractivity contribution in [1.82, 2.24) is 0 Å². The van der Waals surface area contributed by atoms with Crippen molar-refractivity contribution in [3.05, 3.63) is 65.7 Å². The zero-order valence-corrected chi connectivity index (χ0v) is 12.3. The van der Waals surface area contributed by atoms with Crippen LogP contribution in [0, 0.1) is 0 Å². The van der Waals surface area contributed by atoms with Crippen LogP contribution in [-0.4, -0.2) is 6.61 Å². The van der Waals surface area contributed by atoms with Crippen molar-refractivity contribution in [2.45, 2.75) is 39.0 Å². The van der Waals surface area contributed by atoms with Crippen molar-refractivity contribution in [2.24, 2.45) is 0 Å². The molecular weight excluding hydrogens is 244 g/mol. The normalized spacial score (nSPS) is 10.4. The second-order valence-corrected chi connectivity index (χ2v) is 5.19. The van der Waals surface area contributed by atoms with Gasteiger partial charge in [0.25, 0.3) is 0 Å². The third kappa shape index (κ3) is 5.08. The van der Waals surface area contributed by atoms with E-state index >= 15 is 0 Å². The second kappa shape index (κ2) is 8.42. The van der Waals surface area contributed by atoms with Gasteiger partial charge in [0.2, 0.25) is 0 Å². The molecule has 2 aromatic rings. The molecule has 0 heterocycles. The minimum atomic E-state index is 0.806. The average Bonchev–Trinajstić information content (AvgIpc) is 2.50. The van der Waals surface area contributed by atoms with Crippen molar-refractivity contribution in [1.29, 1.82) is 0 Å². The van der Waals surface area contributed by atoms with Gasteiger partial charge in [0.15, 0.2) is 0 Å². The van der Waals surface area contributed by atoms with Crippen LogP contribution in [0.25, 0.3) is 0 Å². The first-order valence-corrected chi connectivity index (χ1v) is 7.64. The van der Waals surface area contributed by atoms with Gasteiger partial charge in [-0.2, -0.15) is 0 Å². The Morgan fingerprint density at radius 1 is 0.750 bits per heavy atom. The van der Waals surface area contributed by atoms with Gasteiger partial charge < -0.3 is 4.74 Å². The summed E-state index contributed by atoms with van der Waals surface area (Å²) in [6.45, 7) is 3.01. The molecule has 0 aliphatic carbocycles. The minimum absolute atomic E-state index is 0.806. The third-order valence-electron chi connectivity index (χ3n) is 3.43. The molecule has 106 valence electrons. The summed E-state index contributed by atoms with van der Waals surface area (Å²) in [6, 6.07) is 19.2. The zero-order valence-electron chi connectivity index (χ0n) is 12.3. The molecule has 2 rings (SSSR count). The molecule has 0 amide bonds. The molecular formula is C19H24O. The summed E-state index contributed by atoms with van der Waals surface area (Å²) in [7, 11) is 0. The fourth-order valence-electron chi connectivity index (χ4n) is 2.31. The molecule has 1 heteroatoms. The van der Waals surface area contributed by atoms with Crippen LogP contribution < -0.4 is 4.74 Å². The lowest BCUT2D eigenvalue weighted by Gasteiger charge is -2.07. The van der Waals surface area contributed by atoms with Crippen LogP contribution in [0.15, 0.2) is 54.6 Å². The Labute approximate surface area is 122 Å². The van der Waals surface area contributed by atoms with Crippen LogP contribution in [-0.2, 0) is 12.8 Å². The van der Waals surface area contributed by atoms with Gasteiger partial charge in [0.05, 0.1) is 6.61 Å². The van der Waals surface area contributed by atoms with E-state index in [0.29, 0.717) is 0 Å². The maximum atomic E-state index is 5.78. The fourth-order valence-corrected chi connectivity index (χ4v) is 2.31. The van der Waals surface area contributed by atoms with Crippen molar-refractivity contribution in [3.63, 3.8) is 0 Å². The van der Waals surface area contributed by atoms with Gasteiger partial charge in [-0.1, -0.05) is 55.8 Å². The number of rotatable bonds is 8. The van der Waals surface area contributed by atoms with E-state index in [1.54, 1.807) is 0 Å². The molecule has 1 nitrogen and oxygen atoms in total. The van der Waals surface area contributed by atoms with Crippen molar-refractivity contribution < 1.29 is 4.74 Å². The Bertz CT molecular complexity index is 473. The largest absolute Gasteiger partial charge is 0.494 e. The summed E-state index contributed by atoms with van der Waals surface area (Å²) >= 11 is 0. The summed E-state index contributed by atoms with van der Waals surface area (Å²) in [5, 5.41) is 0. The van der Waals surface area contributed by atoms with Crippen LogP contribution in [0.5, 0.6) is 5.75 Å². The Hall–Kier alpha value is -1.76. The Balaban J connectivity index is 1.63. The molecule has 0 fully saturated rings. The molecule has 0 radical (unpaired) electrons. The lowest BCUT2D eigenvalue weighted by molar-refractivity contribution is 0.307. The van der Waals surface area contributed by atoms with Gasteiger partial charge in [-0.25, -0.2) is 0 Å². The first-order valence-electron chi connectivity index (χ1n) is 7.64. The molecule has 0 bridgehead atoms. The first-order chi connectivity index (χ1) is 9.88. The van der Waals surface area contributed by atoms with E-state index in [-0.39, 0.29) is 0 Å². The van der Waals surface area contributed by atoms with Gasteiger partial charge in [-0.15, -0.1) is 0 Å². The van der Waals surface area contributed by atoms with E-state index in [1.165, 1.54) is 24.0 Å². The van der Waals surface area contributed by atoms with E-state index in [2.05, 4.69) is 61.5 Å². The maximum Gasteiger partial charge on any atom is 0.119 e. The predicted molar refractivity (Wildman–Crippen MR) is 85.3 cm³/mol. The SMILES string of the molecule is CCCc1ccc(OCCCCc2ccccc2)cc1. The van der Waals surface area contributed by atoms with Gasteiger partial charge in [-0.05, 0) is 48.9 Å². The number of hydrogen-bond acceptors (Lipinski definition) is 1. The average molecular weight is 268 g/mol. The highest BCUT2D eigenvalue weighted by molar-refractivity contribution is 5.27. The van der Waals surface area contributed by atoms with Gasteiger partial charge in [0.1, 0.15) is 5.75 Å². The van der Waals surface area contributed by atoms with Gasteiger partial charge in [-0.3, -0.25) is 0 Å². The summed E-state index contributed by atoms with van der Waals surface area (Å²) in [5.74, 6) is 0.990. The van der Waals surface area contributed by atoms with Crippen LogP contribution in [0.4, 0.5) is 0 Å². The highest BCUT2D eigenvalue weighted by Crippen LogP contribution is 2.14. The zero-order chi connectivity index (χ0) is 14.0. The number of ether oxygens (including phenoxy) is 1. The number of hydrogen-bond donors (Lipinski definition) is 0. The maximum absolute atomic E-state index is 5.78. The highest BCUT2D eigenvalue weighted by Gasteiger charge is 1.96. The lowest BCUT2D eigenvalue weighted by Crippen LogP contribution is -1.98. The van der Waals surface area contributed by atoms with Crippen LogP contribution in [0.2, 0.25) is 0 Å². The summed E-state index contributed by atoms with van der Waals surface area (Å²) < 4.78 is 5.78. The molecule has 0 aliphatic rings. The second-order valence-electron chi connectivity index (χ2n) is 5.19. The molecule has 0 aliphatic heterocycles. The van der Waals surface area contributed by atoms with Gasteiger partial charge in [0, 0.05) is 0 Å². The number of benzene rings is 2. The molecule has 0 atom stereocenters. The van der Waals surface area contributed by atoms with Crippen molar-refractivity contribution in [3.8, 4) is 5.75 Å². The molecule has 0 saturated heterocycles. The predicted octanol–water partition coefficient (Wildman–Crippen LogP) is 5.04. The minimum Gasteiger partial charge on any atom is -0.494 e. The first kappa shape index (κ1) is 14.6. The van der Waals surface area contributed by atoms with E-state index in [1.807, 2.05) is 0 Å². The van der Waals surface area contributed by atoms with Crippen LogP contribution in [0.1, 0.15) is 37.3 Å². The van der Waals surface area contributed by atoms with E-state index < -0.39 is 0 Å².